The Balaban J connectivity index is 1.30. The molecular formula is C28H29F4N5O2. The van der Waals surface area contributed by atoms with E-state index in [1.54, 1.807) is 37.4 Å². The summed E-state index contributed by atoms with van der Waals surface area (Å²) in [4.78, 5) is 16.8. The first-order valence-corrected chi connectivity index (χ1v) is 12.9. The summed E-state index contributed by atoms with van der Waals surface area (Å²) in [6.45, 7) is 3.12. The summed E-state index contributed by atoms with van der Waals surface area (Å²) in [5, 5.41) is 17.2. The van der Waals surface area contributed by atoms with Gasteiger partial charge in [0, 0.05) is 48.8 Å². The van der Waals surface area contributed by atoms with Crippen molar-refractivity contribution in [2.75, 3.05) is 24.6 Å². The molecule has 2 aromatic carbocycles. The molecular weight excluding hydrogens is 514 g/mol. The number of aryl methyl sites for hydroxylation is 1. The van der Waals surface area contributed by atoms with Crippen molar-refractivity contribution in [1.29, 1.82) is 0 Å². The van der Waals surface area contributed by atoms with Crippen LogP contribution in [0.2, 0.25) is 0 Å². The quantitative estimate of drug-likeness (QED) is 0.443. The fourth-order valence-corrected chi connectivity index (χ4v) is 6.10. The Morgan fingerprint density at radius 3 is 2.51 bits per heavy atom. The maximum absolute atomic E-state index is 15.6. The van der Waals surface area contributed by atoms with Gasteiger partial charge < -0.3 is 14.6 Å². The lowest BCUT2D eigenvalue weighted by molar-refractivity contribution is -0.138. The van der Waals surface area contributed by atoms with Crippen molar-refractivity contribution in [3.05, 3.63) is 76.4 Å². The second-order valence-electron chi connectivity index (χ2n) is 11.5. The van der Waals surface area contributed by atoms with Gasteiger partial charge >= 0.3 is 6.18 Å². The number of aliphatic hydroxyl groups is 1. The first-order valence-electron chi connectivity index (χ1n) is 12.9. The molecule has 39 heavy (non-hydrogen) atoms. The Hall–Kier alpha value is -3.31. The van der Waals surface area contributed by atoms with Crippen molar-refractivity contribution < 1.29 is 27.5 Å². The van der Waals surface area contributed by atoms with E-state index in [0.29, 0.717) is 42.7 Å². The number of fused-ring (bicyclic) bond motifs is 1. The standard InChI is InChI=1S/C28H29F4N5O2/c1-26(15-38)13-36(14-26)11-17-8-20-21(22(9-17)28(30,31)32)12-37(25(20)39)19-5-3-4-18(10-19)27(6-7-27)23(29)24-34-33-16-35(24)2/h3-5,8-10,16,23,38H,6-7,11-15H2,1-2H3/t23-/m0/s1. The highest BCUT2D eigenvalue weighted by molar-refractivity contribution is 6.10. The number of nitrogens with zero attached hydrogens (tertiary/aromatic N) is 5. The monoisotopic (exact) mass is 543 g/mol. The fraction of sp³-hybridized carbons (Fsp3) is 0.464. The topological polar surface area (TPSA) is 74.5 Å². The first kappa shape index (κ1) is 25.9. The number of halogens is 4. The maximum atomic E-state index is 15.6. The minimum Gasteiger partial charge on any atom is -0.396 e. The molecule has 1 atom stereocenters. The van der Waals surface area contributed by atoms with Gasteiger partial charge in [0.15, 0.2) is 12.0 Å². The van der Waals surface area contributed by atoms with E-state index in [1.165, 1.54) is 15.8 Å². The summed E-state index contributed by atoms with van der Waals surface area (Å²) >= 11 is 0. The molecule has 1 amide bonds. The predicted molar refractivity (Wildman–Crippen MR) is 135 cm³/mol. The van der Waals surface area contributed by atoms with Gasteiger partial charge in [0.1, 0.15) is 6.33 Å². The van der Waals surface area contributed by atoms with Crippen molar-refractivity contribution in [2.24, 2.45) is 12.5 Å². The number of anilines is 1. The van der Waals surface area contributed by atoms with Crippen LogP contribution in [0.25, 0.3) is 0 Å². The molecule has 0 bridgehead atoms. The lowest BCUT2D eigenvalue weighted by Crippen LogP contribution is -2.55. The van der Waals surface area contributed by atoms with Crippen LogP contribution >= 0.6 is 0 Å². The number of likely N-dealkylation sites (tertiary alicyclic amines) is 1. The van der Waals surface area contributed by atoms with Gasteiger partial charge in [-0.3, -0.25) is 9.69 Å². The van der Waals surface area contributed by atoms with Crippen molar-refractivity contribution in [3.63, 3.8) is 0 Å². The van der Waals surface area contributed by atoms with Crippen molar-refractivity contribution in [1.82, 2.24) is 19.7 Å². The largest absolute Gasteiger partial charge is 0.416 e. The third-order valence-electron chi connectivity index (χ3n) is 8.39. The molecule has 1 saturated heterocycles. The molecule has 7 nitrogen and oxygen atoms in total. The normalized spacial score (nSPS) is 20.6. The number of hydrogen-bond donors (Lipinski definition) is 1. The molecule has 0 unspecified atom stereocenters. The molecule has 0 radical (unpaired) electrons. The van der Waals surface area contributed by atoms with Crippen LogP contribution < -0.4 is 4.90 Å². The molecule has 11 heteroatoms. The highest BCUT2D eigenvalue weighted by Gasteiger charge is 2.54. The van der Waals surface area contributed by atoms with Gasteiger partial charge in [-0.05, 0) is 53.8 Å². The van der Waals surface area contributed by atoms with Gasteiger partial charge in [-0.1, -0.05) is 19.1 Å². The SMILES string of the molecule is Cn1cnnc1[C@H](F)C1(c2cccc(N3Cc4c(cc(CN5CC(C)(CO)C5)cc4C(F)(F)F)C3=O)c2)CC1. The van der Waals surface area contributed by atoms with Crippen LogP contribution in [-0.4, -0.2) is 50.4 Å². The van der Waals surface area contributed by atoms with E-state index in [1.807, 2.05) is 11.8 Å². The van der Waals surface area contributed by atoms with Gasteiger partial charge in [-0.2, -0.15) is 13.2 Å². The summed E-state index contributed by atoms with van der Waals surface area (Å²) in [6, 6.07) is 9.57. The van der Waals surface area contributed by atoms with Gasteiger partial charge in [-0.25, -0.2) is 4.39 Å². The molecule has 1 aromatic heterocycles. The van der Waals surface area contributed by atoms with Crippen LogP contribution in [0.4, 0.5) is 23.2 Å². The van der Waals surface area contributed by atoms with E-state index in [0.717, 1.165) is 6.07 Å². The zero-order chi connectivity index (χ0) is 27.7. The van der Waals surface area contributed by atoms with Crippen LogP contribution in [0.1, 0.15) is 64.4 Å². The third-order valence-corrected chi connectivity index (χ3v) is 8.39. The molecule has 3 aromatic rings. The Labute approximate surface area is 223 Å². The van der Waals surface area contributed by atoms with E-state index in [2.05, 4.69) is 10.2 Å². The molecule has 2 fully saturated rings. The number of alkyl halides is 4. The highest BCUT2D eigenvalue weighted by Crippen LogP contribution is 2.58. The smallest absolute Gasteiger partial charge is 0.396 e. The van der Waals surface area contributed by atoms with Crippen LogP contribution in [0.5, 0.6) is 0 Å². The maximum Gasteiger partial charge on any atom is 0.416 e. The molecule has 1 saturated carbocycles. The van der Waals surface area contributed by atoms with Crippen LogP contribution in [-0.2, 0) is 31.7 Å². The van der Waals surface area contributed by atoms with Gasteiger partial charge in [0.25, 0.3) is 5.91 Å². The van der Waals surface area contributed by atoms with E-state index >= 15 is 4.39 Å². The molecule has 3 heterocycles. The third kappa shape index (κ3) is 4.31. The van der Waals surface area contributed by atoms with Crippen molar-refractivity contribution in [3.8, 4) is 0 Å². The van der Waals surface area contributed by atoms with Gasteiger partial charge in [-0.15, -0.1) is 10.2 Å². The van der Waals surface area contributed by atoms with Crippen LogP contribution in [0.3, 0.4) is 0 Å². The van der Waals surface area contributed by atoms with Gasteiger partial charge in [0.05, 0.1) is 18.7 Å². The summed E-state index contributed by atoms with van der Waals surface area (Å²) in [5.41, 5.74) is -0.360. The van der Waals surface area contributed by atoms with E-state index in [-0.39, 0.29) is 42.1 Å². The number of rotatable bonds is 7. The Morgan fingerprint density at radius 2 is 1.90 bits per heavy atom. The Kier molecular flexibility index (Phi) is 5.89. The number of hydrogen-bond acceptors (Lipinski definition) is 5. The van der Waals surface area contributed by atoms with E-state index < -0.39 is 29.2 Å². The first-order chi connectivity index (χ1) is 18.4. The Bertz CT molecular complexity index is 1440. The molecule has 206 valence electrons. The zero-order valence-electron chi connectivity index (χ0n) is 21.7. The Morgan fingerprint density at radius 1 is 1.15 bits per heavy atom. The van der Waals surface area contributed by atoms with Crippen LogP contribution in [0, 0.1) is 5.41 Å². The minimum absolute atomic E-state index is 0.0109. The van der Waals surface area contributed by atoms with Crippen LogP contribution in [0.15, 0.2) is 42.7 Å². The molecule has 0 spiro atoms. The highest BCUT2D eigenvalue weighted by atomic mass is 19.4. The molecule has 1 N–H and O–H groups in total. The average molecular weight is 544 g/mol. The molecule has 3 aliphatic rings. The molecule has 1 aliphatic carbocycles. The molecule has 6 rings (SSSR count). The second-order valence-corrected chi connectivity index (χ2v) is 11.5. The minimum atomic E-state index is -4.62. The van der Waals surface area contributed by atoms with Crippen molar-refractivity contribution >= 4 is 11.6 Å². The number of amides is 1. The number of aliphatic hydroxyl groups excluding tert-OH is 1. The lowest BCUT2D eigenvalue weighted by atomic mass is 9.82. The average Bonchev–Trinajstić information content (AvgIpc) is 3.49. The van der Waals surface area contributed by atoms with E-state index in [9.17, 15) is 23.1 Å². The summed E-state index contributed by atoms with van der Waals surface area (Å²) in [7, 11) is 1.67. The van der Waals surface area contributed by atoms with Gasteiger partial charge in [0.2, 0.25) is 0 Å². The second kappa shape index (κ2) is 8.85. The molecule has 2 aliphatic heterocycles. The lowest BCUT2D eigenvalue weighted by Gasteiger charge is -2.47. The number of carbonyl (C=O) groups excluding carboxylic acids is 1. The number of benzene rings is 2. The summed E-state index contributed by atoms with van der Waals surface area (Å²) < 4.78 is 59.6. The van der Waals surface area contributed by atoms with E-state index in [4.69, 9.17) is 0 Å². The number of carbonyl (C=O) groups is 1. The zero-order valence-corrected chi connectivity index (χ0v) is 21.7. The number of aromatic nitrogens is 3. The summed E-state index contributed by atoms with van der Waals surface area (Å²) in [5.74, 6) is -0.292. The summed E-state index contributed by atoms with van der Waals surface area (Å²) in [6.07, 6.45) is -3.41. The van der Waals surface area contributed by atoms with Crippen molar-refractivity contribution in [2.45, 2.75) is 50.6 Å². The predicted octanol–water partition coefficient (Wildman–Crippen LogP) is 4.55. The fourth-order valence-electron chi connectivity index (χ4n) is 6.10.